The maximum absolute atomic E-state index is 13.2. The van der Waals surface area contributed by atoms with Gasteiger partial charge in [0.2, 0.25) is 0 Å². The fourth-order valence-corrected chi connectivity index (χ4v) is 6.48. The molecule has 0 aromatic heterocycles. The Morgan fingerprint density at radius 3 is 2.52 bits per heavy atom. The van der Waals surface area contributed by atoms with Gasteiger partial charge in [0.05, 0.1) is 0 Å². The molecule has 31 heavy (non-hydrogen) atoms. The van der Waals surface area contributed by atoms with E-state index in [9.17, 15) is 18.3 Å². The number of anilines is 1. The molecule has 3 atom stereocenters. The lowest BCUT2D eigenvalue weighted by atomic mass is 10.1. The average molecular weight is 464 g/mol. The minimum Gasteiger partial charge on any atom is -0.480 e. The van der Waals surface area contributed by atoms with Gasteiger partial charge >= 0.3 is 5.97 Å². The largest absolute Gasteiger partial charge is 0.480 e. The minimum absolute atomic E-state index is 0.266. The second-order valence-electron chi connectivity index (χ2n) is 8.18. The quantitative estimate of drug-likeness (QED) is 0.687. The summed E-state index contributed by atoms with van der Waals surface area (Å²) in [5.41, 5.74) is 0.240. The summed E-state index contributed by atoms with van der Waals surface area (Å²) in [6, 6.07) is 16.7. The van der Waals surface area contributed by atoms with Crippen LogP contribution in [0.25, 0.3) is 0 Å². The molecule has 0 amide bonds. The Hall–Kier alpha value is -2.13. The lowest BCUT2D eigenvalue weighted by molar-refractivity contribution is -0.140. The summed E-state index contributed by atoms with van der Waals surface area (Å²) in [5.74, 6) is -1.90. The number of nitrogens with zero attached hydrogens (tertiary/aromatic N) is 2. The smallest absolute Gasteiger partial charge is 0.325 e. The van der Waals surface area contributed by atoms with E-state index in [4.69, 9.17) is 11.6 Å². The molecular weight excluding hydrogens is 438 g/mol. The van der Waals surface area contributed by atoms with E-state index in [1.165, 1.54) is 4.31 Å². The fourth-order valence-electron chi connectivity index (χ4n) is 4.64. The predicted octanol–water partition coefficient (Wildman–Crippen LogP) is 2.94. The fraction of sp³-hybridized carbons (Fsp3) is 0.409. The summed E-state index contributed by atoms with van der Waals surface area (Å²) < 4.78 is 30.4. The second-order valence-corrected chi connectivity index (χ2v) is 10.3. The van der Waals surface area contributed by atoms with Crippen molar-refractivity contribution in [1.82, 2.24) is 9.03 Å². The van der Waals surface area contributed by atoms with Crippen molar-refractivity contribution in [3.05, 3.63) is 65.2 Å². The van der Waals surface area contributed by atoms with Gasteiger partial charge in [-0.25, -0.2) is 0 Å². The molecule has 4 rings (SSSR count). The van der Waals surface area contributed by atoms with Crippen LogP contribution in [0.5, 0.6) is 0 Å². The highest BCUT2D eigenvalue weighted by atomic mass is 35.5. The zero-order valence-electron chi connectivity index (χ0n) is 17.2. The van der Waals surface area contributed by atoms with Crippen molar-refractivity contribution < 1.29 is 18.3 Å². The topological polar surface area (TPSA) is 90.0 Å². The van der Waals surface area contributed by atoms with E-state index >= 15 is 0 Å². The number of hydrogen-bond donors (Lipinski definition) is 2. The van der Waals surface area contributed by atoms with Gasteiger partial charge in [-0.2, -0.15) is 17.4 Å². The molecule has 0 radical (unpaired) electrons. The molecule has 2 N–H and O–H groups in total. The first kappa shape index (κ1) is 22.1. The average Bonchev–Trinajstić information content (AvgIpc) is 3.41. The molecule has 0 unspecified atom stereocenters. The molecule has 1 heterocycles. The number of benzene rings is 2. The van der Waals surface area contributed by atoms with Crippen molar-refractivity contribution in [3.8, 4) is 0 Å². The summed E-state index contributed by atoms with van der Waals surface area (Å²) in [7, 11) is -3.98. The Kier molecular flexibility index (Phi) is 6.00. The first-order chi connectivity index (χ1) is 14.8. The standard InChI is InChI=1S/C22H26ClN3O4S/c1-16-20(17-7-3-2-4-8-17)22(16,21(27)28)24-31(29,30)26-12-6-11-25(13-14-26)19-10-5-9-18(23)15-19/h2-5,7-10,15-16,20,24H,6,11-14H2,1H3,(H,27,28)/t16-,20-,22+/m1/s1. The molecule has 2 aliphatic rings. The van der Waals surface area contributed by atoms with Gasteiger partial charge in [0.25, 0.3) is 10.2 Å². The van der Waals surface area contributed by atoms with Crippen molar-refractivity contribution in [2.24, 2.45) is 5.92 Å². The molecule has 0 bridgehead atoms. The van der Waals surface area contributed by atoms with Crippen LogP contribution in [0, 0.1) is 5.92 Å². The highest BCUT2D eigenvalue weighted by Crippen LogP contribution is 2.57. The molecule has 2 aromatic carbocycles. The van der Waals surface area contributed by atoms with Gasteiger partial charge in [-0.15, -0.1) is 0 Å². The molecule has 1 aliphatic carbocycles. The summed E-state index contributed by atoms with van der Waals surface area (Å²) >= 11 is 6.09. The van der Waals surface area contributed by atoms with Gasteiger partial charge in [-0.05, 0) is 36.1 Å². The zero-order valence-corrected chi connectivity index (χ0v) is 18.8. The van der Waals surface area contributed by atoms with Crippen LogP contribution in [-0.2, 0) is 15.0 Å². The van der Waals surface area contributed by atoms with E-state index in [0.717, 1.165) is 11.3 Å². The van der Waals surface area contributed by atoms with Crippen LogP contribution >= 0.6 is 11.6 Å². The third kappa shape index (κ3) is 4.17. The minimum atomic E-state index is -3.98. The van der Waals surface area contributed by atoms with E-state index in [1.54, 1.807) is 13.0 Å². The summed E-state index contributed by atoms with van der Waals surface area (Å²) in [4.78, 5) is 14.3. The number of halogens is 1. The van der Waals surface area contributed by atoms with Gasteiger partial charge in [0.15, 0.2) is 0 Å². The number of aliphatic carboxylic acids is 1. The zero-order chi connectivity index (χ0) is 22.2. The lowest BCUT2D eigenvalue weighted by Crippen LogP contribution is -2.52. The molecule has 2 fully saturated rings. The number of carboxylic acids is 1. The lowest BCUT2D eigenvalue weighted by Gasteiger charge is -2.25. The Morgan fingerprint density at radius 2 is 1.84 bits per heavy atom. The Labute approximate surface area is 187 Å². The molecule has 7 nitrogen and oxygen atoms in total. The summed E-state index contributed by atoms with van der Waals surface area (Å²) in [5, 5.41) is 10.6. The molecule has 1 saturated heterocycles. The Bertz CT molecular complexity index is 1070. The number of hydrogen-bond acceptors (Lipinski definition) is 4. The van der Waals surface area contributed by atoms with E-state index in [0.29, 0.717) is 31.1 Å². The van der Waals surface area contributed by atoms with E-state index in [2.05, 4.69) is 9.62 Å². The van der Waals surface area contributed by atoms with Crippen molar-refractivity contribution in [1.29, 1.82) is 0 Å². The van der Waals surface area contributed by atoms with Crippen LogP contribution in [0.1, 0.15) is 24.8 Å². The number of rotatable bonds is 6. The third-order valence-electron chi connectivity index (χ3n) is 6.38. The molecule has 2 aromatic rings. The molecular formula is C22H26ClN3O4S. The third-order valence-corrected chi connectivity index (χ3v) is 8.25. The second kappa shape index (κ2) is 8.43. The van der Waals surface area contributed by atoms with E-state index in [1.807, 2.05) is 48.5 Å². The monoisotopic (exact) mass is 463 g/mol. The number of carbonyl (C=O) groups is 1. The number of nitrogens with one attached hydrogen (secondary N) is 1. The number of carboxylic acid groups (broad SMARTS) is 1. The van der Waals surface area contributed by atoms with Crippen molar-refractivity contribution >= 4 is 33.5 Å². The normalized spacial score (nSPS) is 27.0. The van der Waals surface area contributed by atoms with Gasteiger partial charge in [-0.3, -0.25) is 4.79 Å². The molecule has 1 aliphatic heterocycles. The highest BCUT2D eigenvalue weighted by molar-refractivity contribution is 7.87. The maximum Gasteiger partial charge on any atom is 0.325 e. The summed E-state index contributed by atoms with van der Waals surface area (Å²) in [6.07, 6.45) is 0.630. The first-order valence-corrected chi connectivity index (χ1v) is 12.2. The van der Waals surface area contributed by atoms with Gasteiger partial charge in [-0.1, -0.05) is 54.9 Å². The maximum atomic E-state index is 13.2. The SMILES string of the molecule is C[C@@H]1[C@H](c2ccccc2)[C@]1(NS(=O)(=O)N1CCCN(c2cccc(Cl)c2)CC1)C(=O)O. The van der Waals surface area contributed by atoms with Crippen molar-refractivity contribution in [2.75, 3.05) is 31.1 Å². The van der Waals surface area contributed by atoms with Crippen LogP contribution in [0.3, 0.4) is 0 Å². The van der Waals surface area contributed by atoms with E-state index in [-0.39, 0.29) is 12.5 Å². The molecule has 9 heteroatoms. The van der Waals surface area contributed by atoms with Crippen LogP contribution in [0.15, 0.2) is 54.6 Å². The van der Waals surface area contributed by atoms with Crippen LogP contribution in [0.2, 0.25) is 5.02 Å². The summed E-state index contributed by atoms with van der Waals surface area (Å²) in [6.45, 7) is 3.56. The van der Waals surface area contributed by atoms with Crippen LogP contribution in [0.4, 0.5) is 5.69 Å². The van der Waals surface area contributed by atoms with Crippen molar-refractivity contribution in [2.45, 2.75) is 24.8 Å². The molecule has 166 valence electrons. The first-order valence-electron chi connectivity index (χ1n) is 10.3. The van der Waals surface area contributed by atoms with Crippen molar-refractivity contribution in [3.63, 3.8) is 0 Å². The van der Waals surface area contributed by atoms with E-state index < -0.39 is 27.6 Å². The predicted molar refractivity (Wildman–Crippen MR) is 121 cm³/mol. The van der Waals surface area contributed by atoms with Crippen LogP contribution < -0.4 is 9.62 Å². The Balaban J connectivity index is 1.51. The van der Waals surface area contributed by atoms with Gasteiger partial charge < -0.3 is 10.0 Å². The van der Waals surface area contributed by atoms with Gasteiger partial charge in [0.1, 0.15) is 5.54 Å². The Morgan fingerprint density at radius 1 is 1.10 bits per heavy atom. The van der Waals surface area contributed by atoms with Gasteiger partial charge in [0, 0.05) is 42.8 Å². The molecule has 1 saturated carbocycles. The highest BCUT2D eigenvalue weighted by Gasteiger charge is 2.70. The van der Waals surface area contributed by atoms with Crippen LogP contribution in [-0.4, -0.2) is 55.5 Å². The molecule has 0 spiro atoms.